The molecule has 2 heterocycles. The minimum Gasteiger partial charge on any atom is -0.383 e. The lowest BCUT2D eigenvalue weighted by Gasteiger charge is -2.21. The van der Waals surface area contributed by atoms with Crippen molar-refractivity contribution in [1.29, 1.82) is 0 Å². The molecule has 2 aromatic carbocycles. The number of benzene rings is 2. The predicted octanol–water partition coefficient (Wildman–Crippen LogP) is 4.60. The number of carbonyl (C=O) groups excluding carboxylic acids is 2. The van der Waals surface area contributed by atoms with Gasteiger partial charge in [-0.15, -0.1) is 0 Å². The van der Waals surface area contributed by atoms with Gasteiger partial charge in [0.25, 0.3) is 5.91 Å². The number of aryl methyl sites for hydroxylation is 1. The molecule has 4 rings (SSSR count). The van der Waals surface area contributed by atoms with Gasteiger partial charge in [-0.2, -0.15) is 0 Å². The molecule has 3 amide bonds. The fourth-order valence-electron chi connectivity index (χ4n) is 4.58. The van der Waals surface area contributed by atoms with Crippen molar-refractivity contribution in [1.82, 2.24) is 20.1 Å². The highest BCUT2D eigenvalue weighted by Gasteiger charge is 2.24. The zero-order chi connectivity index (χ0) is 30.1. The number of hydrogen-bond donors (Lipinski definition) is 3. The quantitative estimate of drug-likeness (QED) is 0.250. The van der Waals surface area contributed by atoms with E-state index in [0.29, 0.717) is 46.8 Å². The van der Waals surface area contributed by atoms with Crippen LogP contribution in [0.5, 0.6) is 0 Å². The Labute approximate surface area is 252 Å². The van der Waals surface area contributed by atoms with Crippen LogP contribution in [0.3, 0.4) is 0 Å². The van der Waals surface area contributed by atoms with Crippen LogP contribution in [0, 0.1) is 18.8 Å². The molecule has 1 aliphatic rings. The van der Waals surface area contributed by atoms with Crippen molar-refractivity contribution in [3.63, 3.8) is 0 Å². The van der Waals surface area contributed by atoms with Gasteiger partial charge >= 0.3 is 6.03 Å². The SMILES string of the molecule is COCCNC(=O)Nc1ccc(C#Cc2cc(C(=O)Nc3ccc(CN4CCC(N(C)C)C4)c(Cl)c3)ccc2C)cn1. The van der Waals surface area contributed by atoms with E-state index in [1.807, 2.05) is 25.1 Å². The van der Waals surface area contributed by atoms with Crippen molar-refractivity contribution >= 4 is 35.0 Å². The summed E-state index contributed by atoms with van der Waals surface area (Å²) < 4.78 is 4.91. The topological polar surface area (TPSA) is 98.8 Å². The molecule has 1 aliphatic heterocycles. The summed E-state index contributed by atoms with van der Waals surface area (Å²) in [5.74, 6) is 6.38. The van der Waals surface area contributed by atoms with E-state index in [1.165, 1.54) is 0 Å². The number of urea groups is 1. The lowest BCUT2D eigenvalue weighted by atomic mass is 10.0. The molecule has 1 unspecified atom stereocenters. The molecule has 1 saturated heterocycles. The number of aromatic nitrogens is 1. The molecule has 1 fully saturated rings. The Balaban J connectivity index is 1.36. The molecule has 220 valence electrons. The van der Waals surface area contributed by atoms with Gasteiger partial charge in [0.15, 0.2) is 0 Å². The van der Waals surface area contributed by atoms with Crippen LogP contribution < -0.4 is 16.0 Å². The van der Waals surface area contributed by atoms with Crippen LogP contribution in [-0.2, 0) is 11.3 Å². The van der Waals surface area contributed by atoms with Crippen molar-refractivity contribution in [3.05, 3.63) is 87.6 Å². The molecule has 1 aromatic heterocycles. The minimum absolute atomic E-state index is 0.240. The summed E-state index contributed by atoms with van der Waals surface area (Å²) in [5.41, 5.74) is 4.54. The third-order valence-electron chi connectivity index (χ3n) is 7.12. The number of likely N-dealkylation sites (tertiary alicyclic amines) is 1. The first-order valence-electron chi connectivity index (χ1n) is 13.8. The molecule has 42 heavy (non-hydrogen) atoms. The molecule has 0 aliphatic carbocycles. The Kier molecular flexibility index (Phi) is 10.9. The number of halogens is 1. The maximum Gasteiger partial charge on any atom is 0.320 e. The third kappa shape index (κ3) is 8.78. The number of amides is 3. The Morgan fingerprint density at radius 3 is 2.64 bits per heavy atom. The normalized spacial score (nSPS) is 14.8. The monoisotopic (exact) mass is 588 g/mol. The molecule has 3 N–H and O–H groups in total. The fraction of sp³-hybridized carbons (Fsp3) is 0.344. The number of nitrogens with one attached hydrogen (secondary N) is 3. The smallest absolute Gasteiger partial charge is 0.320 e. The molecule has 9 nitrogen and oxygen atoms in total. The molecular weight excluding hydrogens is 552 g/mol. The van der Waals surface area contributed by atoms with E-state index in [1.54, 1.807) is 43.6 Å². The van der Waals surface area contributed by atoms with E-state index < -0.39 is 0 Å². The Morgan fingerprint density at radius 2 is 1.95 bits per heavy atom. The Bertz CT molecular complexity index is 1470. The molecular formula is C32H37ClN6O3. The minimum atomic E-state index is -0.359. The lowest BCUT2D eigenvalue weighted by Crippen LogP contribution is -2.31. The number of likely N-dealkylation sites (N-methyl/N-ethyl adjacent to an activating group) is 1. The lowest BCUT2D eigenvalue weighted by molar-refractivity contribution is 0.102. The Morgan fingerprint density at radius 1 is 1.12 bits per heavy atom. The van der Waals surface area contributed by atoms with Crippen LogP contribution in [0.15, 0.2) is 54.7 Å². The van der Waals surface area contributed by atoms with Crippen molar-refractivity contribution < 1.29 is 14.3 Å². The third-order valence-corrected chi connectivity index (χ3v) is 7.47. The van der Waals surface area contributed by atoms with Gasteiger partial charge in [0.05, 0.1) is 6.61 Å². The summed E-state index contributed by atoms with van der Waals surface area (Å²) in [6, 6.07) is 14.8. The van der Waals surface area contributed by atoms with Crippen LogP contribution in [0.4, 0.5) is 16.3 Å². The number of anilines is 2. The average molecular weight is 589 g/mol. The van der Waals surface area contributed by atoms with Crippen LogP contribution in [0.1, 0.15) is 39.0 Å². The molecule has 10 heteroatoms. The van der Waals surface area contributed by atoms with Gasteiger partial charge in [-0.1, -0.05) is 35.6 Å². The second-order valence-corrected chi connectivity index (χ2v) is 10.9. The van der Waals surface area contributed by atoms with Crippen LogP contribution in [0.2, 0.25) is 5.02 Å². The molecule has 0 bridgehead atoms. The zero-order valence-electron chi connectivity index (χ0n) is 24.5. The van der Waals surface area contributed by atoms with Gasteiger partial charge in [-0.25, -0.2) is 9.78 Å². The van der Waals surface area contributed by atoms with Crippen LogP contribution in [0.25, 0.3) is 0 Å². The summed E-state index contributed by atoms with van der Waals surface area (Å²) >= 11 is 6.60. The summed E-state index contributed by atoms with van der Waals surface area (Å²) in [7, 11) is 5.81. The highest BCUT2D eigenvalue weighted by molar-refractivity contribution is 6.31. The van der Waals surface area contributed by atoms with Crippen LogP contribution >= 0.6 is 11.6 Å². The molecule has 0 radical (unpaired) electrons. The van der Waals surface area contributed by atoms with Crippen molar-refractivity contribution in [3.8, 4) is 11.8 Å². The van der Waals surface area contributed by atoms with E-state index in [2.05, 4.69) is 56.7 Å². The highest BCUT2D eigenvalue weighted by atomic mass is 35.5. The van der Waals surface area contributed by atoms with Gasteiger partial charge in [0.1, 0.15) is 5.82 Å². The van der Waals surface area contributed by atoms with Crippen molar-refractivity contribution in [2.45, 2.75) is 25.9 Å². The summed E-state index contributed by atoms with van der Waals surface area (Å²) in [5, 5.41) is 8.91. The number of carbonyl (C=O) groups is 2. The number of hydrogen-bond acceptors (Lipinski definition) is 6. The molecule has 3 aromatic rings. The van der Waals surface area contributed by atoms with Gasteiger partial charge in [-0.05, 0) is 75.0 Å². The molecule has 0 spiro atoms. The molecule has 1 atom stereocenters. The van der Waals surface area contributed by atoms with E-state index in [4.69, 9.17) is 16.3 Å². The number of nitrogens with zero attached hydrogens (tertiary/aromatic N) is 3. The average Bonchev–Trinajstić information content (AvgIpc) is 3.44. The standard InChI is InChI=1S/C32H37ClN6O3/c1-22-5-8-25(17-24(22)9-6-23-7-12-30(35-19-23)37-32(41)34-14-16-42-4)31(40)36-27-11-10-26(29(33)18-27)20-39-15-13-28(21-39)38(2)3/h5,7-8,10-12,17-19,28H,13-16,20-21H2,1-4H3,(H,36,40)(H2,34,35,37,41). The maximum atomic E-state index is 13.1. The van der Waals surface area contributed by atoms with Crippen molar-refractivity contribution in [2.75, 3.05) is 58.1 Å². The number of methoxy groups -OCH3 is 1. The van der Waals surface area contributed by atoms with Crippen LogP contribution in [-0.4, -0.2) is 80.2 Å². The number of rotatable bonds is 9. The second kappa shape index (κ2) is 14.8. The van der Waals surface area contributed by atoms with Crippen molar-refractivity contribution in [2.24, 2.45) is 0 Å². The largest absolute Gasteiger partial charge is 0.383 e. The summed E-state index contributed by atoms with van der Waals surface area (Å²) in [4.78, 5) is 33.8. The van der Waals surface area contributed by atoms with Gasteiger partial charge in [0.2, 0.25) is 0 Å². The van der Waals surface area contributed by atoms with E-state index >= 15 is 0 Å². The summed E-state index contributed by atoms with van der Waals surface area (Å²) in [6.45, 7) is 5.63. The highest BCUT2D eigenvalue weighted by Crippen LogP contribution is 2.25. The first-order chi connectivity index (χ1) is 20.2. The van der Waals surface area contributed by atoms with Gasteiger partial charge < -0.3 is 20.3 Å². The Hall–Kier alpha value is -3.94. The zero-order valence-corrected chi connectivity index (χ0v) is 25.2. The van der Waals surface area contributed by atoms with E-state index in [9.17, 15) is 9.59 Å². The summed E-state index contributed by atoms with van der Waals surface area (Å²) in [6.07, 6.45) is 2.74. The van der Waals surface area contributed by atoms with E-state index in [0.717, 1.165) is 42.7 Å². The fourth-order valence-corrected chi connectivity index (χ4v) is 4.82. The number of pyridine rings is 1. The van der Waals surface area contributed by atoms with Gasteiger partial charge in [-0.3, -0.25) is 15.0 Å². The molecule has 0 saturated carbocycles. The van der Waals surface area contributed by atoms with E-state index in [-0.39, 0.29) is 11.9 Å². The number of ether oxygens (including phenoxy) is 1. The predicted molar refractivity (Wildman–Crippen MR) is 167 cm³/mol. The second-order valence-electron chi connectivity index (χ2n) is 10.5. The first kappa shape index (κ1) is 31.0. The van der Waals surface area contributed by atoms with Gasteiger partial charge in [0, 0.05) is 72.9 Å². The maximum absolute atomic E-state index is 13.1. The first-order valence-corrected chi connectivity index (χ1v) is 14.2.